The Morgan fingerprint density at radius 3 is 2.76 bits per heavy atom. The molecule has 8 heteroatoms. The summed E-state index contributed by atoms with van der Waals surface area (Å²) in [6, 6.07) is 4.96. The number of carbonyl (C=O) groups is 1. The fraction of sp³-hybridized carbons (Fsp3) is 0.308. The summed E-state index contributed by atoms with van der Waals surface area (Å²) in [5.74, 6) is -2.92. The van der Waals surface area contributed by atoms with E-state index in [0.717, 1.165) is 8.97 Å². The minimum atomic E-state index is -5.09. The molecule has 110 valence electrons. The molecule has 0 spiro atoms. The van der Waals surface area contributed by atoms with Crippen LogP contribution in [-0.2, 0) is 6.54 Å². The quantitative estimate of drug-likeness (QED) is 0.695. The van der Waals surface area contributed by atoms with Crippen LogP contribution in [0.2, 0.25) is 0 Å². The number of aromatic hydroxyl groups is 1. The molecule has 21 heavy (non-hydrogen) atoms. The normalized spacial score (nSPS) is 11.6. The van der Waals surface area contributed by atoms with Crippen molar-refractivity contribution in [3.63, 3.8) is 0 Å². The number of pyridine rings is 1. The van der Waals surface area contributed by atoms with Crippen LogP contribution in [0.4, 0.5) is 13.2 Å². The second-order valence-electron chi connectivity index (χ2n) is 4.44. The first kappa shape index (κ1) is 14.8. The largest absolute Gasteiger partial charge is 0.475 e. The Hall–Kier alpha value is -2.56. The molecule has 2 rings (SSSR count). The van der Waals surface area contributed by atoms with Gasteiger partial charge in [-0.1, -0.05) is 0 Å². The summed E-state index contributed by atoms with van der Waals surface area (Å²) in [7, 11) is 0. The average Bonchev–Trinajstić information content (AvgIpc) is 2.68. The third-order valence-corrected chi connectivity index (χ3v) is 3.05. The van der Waals surface area contributed by atoms with E-state index in [1.807, 2.05) is 6.07 Å². The zero-order valence-electron chi connectivity index (χ0n) is 11.0. The van der Waals surface area contributed by atoms with Crippen LogP contribution >= 0.6 is 0 Å². The minimum absolute atomic E-state index is 0.00805. The van der Waals surface area contributed by atoms with E-state index in [-0.39, 0.29) is 18.6 Å². The molecule has 0 atom stereocenters. The molecular formula is C13H11F3N3O2+. The Morgan fingerprint density at radius 1 is 1.52 bits per heavy atom. The van der Waals surface area contributed by atoms with Gasteiger partial charge in [0.25, 0.3) is 11.3 Å². The van der Waals surface area contributed by atoms with E-state index in [0.29, 0.717) is 5.56 Å². The first-order valence-corrected chi connectivity index (χ1v) is 6.00. The lowest BCUT2D eigenvalue weighted by atomic mass is 10.2. The summed E-state index contributed by atoms with van der Waals surface area (Å²) in [6.45, 7) is 1.63. The second-order valence-corrected chi connectivity index (χ2v) is 4.44. The maximum Gasteiger partial charge on any atom is 0.459 e. The van der Waals surface area contributed by atoms with Crippen molar-refractivity contribution in [3.05, 3.63) is 29.6 Å². The molecule has 0 aromatic carbocycles. The van der Waals surface area contributed by atoms with Crippen molar-refractivity contribution in [3.8, 4) is 11.9 Å². The predicted octanol–water partition coefficient (Wildman–Crippen LogP) is 1.90. The van der Waals surface area contributed by atoms with E-state index >= 15 is 0 Å². The number of ketones is 1. The number of alkyl halides is 3. The van der Waals surface area contributed by atoms with Gasteiger partial charge in [0.2, 0.25) is 0 Å². The molecule has 1 N–H and O–H groups in total. The number of aryl methyl sites for hydroxylation is 2. The second kappa shape index (κ2) is 5.09. The van der Waals surface area contributed by atoms with Crippen molar-refractivity contribution in [2.24, 2.45) is 0 Å². The number of Topliss-reactive ketones (excluding diaryl/α,β-unsaturated/α-hetero) is 1. The first-order valence-electron chi connectivity index (χ1n) is 6.00. The SMILES string of the molecule is Cc1cccn2c(C(=O)C(F)(F)F)c(O)[n+](CCC#N)c12. The molecule has 0 bridgehead atoms. The Bertz CT molecular complexity index is 757. The number of aromatic nitrogens is 2. The standard InChI is InChI=1S/C13H10F3N3O2/c1-8-4-2-6-18-9(10(20)13(14,15)16)12(21)19(11(8)18)7-3-5-17/h2,4,6H,3,7H2,1H3/p+1. The topological polar surface area (TPSA) is 69.4 Å². The van der Waals surface area contributed by atoms with Crippen molar-refractivity contribution in [1.29, 1.82) is 5.26 Å². The molecule has 0 amide bonds. The van der Waals surface area contributed by atoms with E-state index in [1.54, 1.807) is 13.0 Å². The first-order chi connectivity index (χ1) is 9.79. The summed E-state index contributed by atoms with van der Waals surface area (Å²) < 4.78 is 40.1. The molecule has 2 aromatic heterocycles. The van der Waals surface area contributed by atoms with Gasteiger partial charge in [0.05, 0.1) is 18.7 Å². The van der Waals surface area contributed by atoms with Gasteiger partial charge in [0, 0.05) is 5.56 Å². The predicted molar refractivity (Wildman–Crippen MR) is 64.6 cm³/mol. The lowest BCUT2D eigenvalue weighted by molar-refractivity contribution is -0.676. The molecule has 0 fully saturated rings. The van der Waals surface area contributed by atoms with E-state index < -0.39 is 23.5 Å². The molecule has 0 saturated carbocycles. The van der Waals surface area contributed by atoms with Gasteiger partial charge < -0.3 is 5.11 Å². The van der Waals surface area contributed by atoms with Crippen LogP contribution in [0, 0.1) is 18.3 Å². The zero-order chi connectivity index (χ0) is 15.8. The summed E-state index contributed by atoms with van der Waals surface area (Å²) in [6.07, 6.45) is -3.83. The number of carbonyl (C=O) groups excluding carboxylic acids is 1. The maximum absolute atomic E-state index is 12.7. The third kappa shape index (κ3) is 2.42. The maximum atomic E-state index is 12.7. The van der Waals surface area contributed by atoms with Crippen LogP contribution in [-0.4, -0.2) is 21.5 Å². The molecule has 2 heterocycles. The van der Waals surface area contributed by atoms with Crippen molar-refractivity contribution >= 4 is 11.4 Å². The van der Waals surface area contributed by atoms with Gasteiger partial charge in [-0.25, -0.2) is 0 Å². The van der Waals surface area contributed by atoms with Crippen LogP contribution in [0.25, 0.3) is 5.65 Å². The highest BCUT2D eigenvalue weighted by Crippen LogP contribution is 2.27. The molecule has 0 aliphatic rings. The van der Waals surface area contributed by atoms with Crippen LogP contribution in [0.1, 0.15) is 22.5 Å². The zero-order valence-corrected chi connectivity index (χ0v) is 11.0. The van der Waals surface area contributed by atoms with Gasteiger partial charge in [0.1, 0.15) is 6.54 Å². The van der Waals surface area contributed by atoms with Gasteiger partial charge in [-0.05, 0) is 19.1 Å². The number of nitrogens with zero attached hydrogens (tertiary/aromatic N) is 3. The van der Waals surface area contributed by atoms with Gasteiger partial charge in [-0.2, -0.15) is 27.4 Å². The van der Waals surface area contributed by atoms with Gasteiger partial charge in [-0.15, -0.1) is 0 Å². The van der Waals surface area contributed by atoms with Crippen LogP contribution in [0.3, 0.4) is 0 Å². The van der Waals surface area contributed by atoms with Crippen LogP contribution < -0.4 is 4.57 Å². The molecule has 0 radical (unpaired) electrons. The number of hydrogen-bond donors (Lipinski definition) is 1. The molecule has 0 aliphatic carbocycles. The van der Waals surface area contributed by atoms with E-state index in [9.17, 15) is 23.1 Å². The monoisotopic (exact) mass is 298 g/mol. The smallest absolute Gasteiger partial charge is 0.459 e. The molecule has 2 aromatic rings. The fourth-order valence-electron chi connectivity index (χ4n) is 2.19. The number of rotatable bonds is 3. The Balaban J connectivity index is 2.78. The lowest BCUT2D eigenvalue weighted by Gasteiger charge is -2.01. The molecule has 0 saturated heterocycles. The molecular weight excluding hydrogens is 287 g/mol. The lowest BCUT2D eigenvalue weighted by Crippen LogP contribution is -2.33. The third-order valence-electron chi connectivity index (χ3n) is 3.05. The van der Waals surface area contributed by atoms with E-state index in [4.69, 9.17) is 5.26 Å². The molecule has 0 unspecified atom stereocenters. The fourth-order valence-corrected chi connectivity index (χ4v) is 2.19. The van der Waals surface area contributed by atoms with Crippen molar-refractivity contribution < 1.29 is 27.6 Å². The van der Waals surface area contributed by atoms with E-state index in [2.05, 4.69) is 0 Å². The summed E-state index contributed by atoms with van der Waals surface area (Å²) in [5, 5.41) is 18.6. The van der Waals surface area contributed by atoms with Crippen molar-refractivity contribution in [2.75, 3.05) is 0 Å². The van der Waals surface area contributed by atoms with E-state index in [1.165, 1.54) is 12.3 Å². The number of halogens is 3. The number of nitriles is 1. The molecule has 0 aliphatic heterocycles. The van der Waals surface area contributed by atoms with Crippen molar-refractivity contribution in [1.82, 2.24) is 4.40 Å². The number of hydrogen-bond acceptors (Lipinski definition) is 3. The van der Waals surface area contributed by atoms with Crippen molar-refractivity contribution in [2.45, 2.75) is 26.1 Å². The van der Waals surface area contributed by atoms with Gasteiger partial charge in [0.15, 0.2) is 0 Å². The average molecular weight is 298 g/mol. The summed E-state index contributed by atoms with van der Waals surface area (Å²) >= 11 is 0. The Labute approximate surface area is 117 Å². The highest BCUT2D eigenvalue weighted by Gasteiger charge is 2.47. The Kier molecular flexibility index (Phi) is 3.60. The van der Waals surface area contributed by atoms with Gasteiger partial charge >= 0.3 is 17.8 Å². The van der Waals surface area contributed by atoms with Gasteiger partial charge in [-0.3, -0.25) is 4.79 Å². The number of fused-ring (bicyclic) bond motifs is 1. The Morgan fingerprint density at radius 2 is 2.19 bits per heavy atom. The summed E-state index contributed by atoms with van der Waals surface area (Å²) in [4.78, 5) is 11.5. The van der Waals surface area contributed by atoms with Crippen LogP contribution in [0.15, 0.2) is 18.3 Å². The highest BCUT2D eigenvalue weighted by atomic mass is 19.4. The minimum Gasteiger partial charge on any atom is -0.475 e. The van der Waals surface area contributed by atoms with Crippen LogP contribution in [0.5, 0.6) is 5.88 Å². The number of imidazole rings is 1. The summed E-state index contributed by atoms with van der Waals surface area (Å²) in [5.41, 5.74) is -0.0241. The molecule has 5 nitrogen and oxygen atoms in total. The highest BCUT2D eigenvalue weighted by molar-refractivity contribution is 6.01.